The second-order valence-electron chi connectivity index (χ2n) is 10.2. The van der Waals surface area contributed by atoms with Crippen molar-refractivity contribution < 1.29 is 19.2 Å². The van der Waals surface area contributed by atoms with Gasteiger partial charge in [0.15, 0.2) is 0 Å². The molecule has 174 valence electrons. The fraction of sp³-hybridized carbons (Fsp3) is 0.444. The molecule has 4 rings (SSSR count). The number of hydrogen-bond donors (Lipinski definition) is 1. The predicted molar refractivity (Wildman–Crippen MR) is 129 cm³/mol. The topological polar surface area (TPSA) is 77.0 Å². The summed E-state index contributed by atoms with van der Waals surface area (Å²) in [7, 11) is 1.57. The summed E-state index contributed by atoms with van der Waals surface area (Å²) in [6.45, 7) is 10.4. The minimum atomic E-state index is -0.606. The number of carbonyl (C=O) groups excluding carboxylic acids is 2. The second-order valence-corrected chi connectivity index (χ2v) is 10.2. The van der Waals surface area contributed by atoms with Gasteiger partial charge in [-0.2, -0.15) is 0 Å². The summed E-state index contributed by atoms with van der Waals surface area (Å²) >= 11 is 0. The molecule has 2 atom stereocenters. The van der Waals surface area contributed by atoms with Gasteiger partial charge in [0, 0.05) is 17.5 Å². The molecular formula is C27H32N2O4. The molecule has 0 saturated heterocycles. The Morgan fingerprint density at radius 1 is 0.970 bits per heavy atom. The van der Waals surface area contributed by atoms with E-state index in [0.717, 1.165) is 35.4 Å². The van der Waals surface area contributed by atoms with Crippen LogP contribution < -0.4 is 10.1 Å². The second kappa shape index (κ2) is 8.01. The van der Waals surface area contributed by atoms with Crippen LogP contribution in [0.3, 0.4) is 0 Å². The first kappa shape index (κ1) is 23.0. The molecule has 33 heavy (non-hydrogen) atoms. The van der Waals surface area contributed by atoms with Gasteiger partial charge >= 0.3 is 5.97 Å². The Labute approximate surface area is 195 Å². The molecule has 0 aliphatic heterocycles. The van der Waals surface area contributed by atoms with Gasteiger partial charge in [0.1, 0.15) is 5.75 Å². The van der Waals surface area contributed by atoms with Gasteiger partial charge in [-0.05, 0) is 79.6 Å². The van der Waals surface area contributed by atoms with Gasteiger partial charge in [0.25, 0.3) is 0 Å². The number of ether oxygens (including phenoxy) is 1. The zero-order valence-corrected chi connectivity index (χ0v) is 20.2. The molecule has 1 amide bonds. The summed E-state index contributed by atoms with van der Waals surface area (Å²) in [5.41, 5.74) is 2.93. The number of methoxy groups -OCH3 is 1. The van der Waals surface area contributed by atoms with Gasteiger partial charge < -0.3 is 14.9 Å². The monoisotopic (exact) mass is 448 g/mol. The Kier molecular flexibility index (Phi) is 5.59. The third-order valence-corrected chi connectivity index (χ3v) is 8.21. The first-order chi connectivity index (χ1) is 15.5. The van der Waals surface area contributed by atoms with Crippen LogP contribution >= 0.6 is 0 Å². The van der Waals surface area contributed by atoms with Crippen molar-refractivity contribution >= 4 is 23.3 Å². The van der Waals surface area contributed by atoms with Crippen LogP contribution in [-0.4, -0.2) is 24.7 Å². The summed E-state index contributed by atoms with van der Waals surface area (Å²) in [6, 6.07) is 12.8. The summed E-state index contributed by atoms with van der Waals surface area (Å²) in [5.74, 6) is 0.146. The van der Waals surface area contributed by atoms with Crippen molar-refractivity contribution in [3.63, 3.8) is 0 Å². The van der Waals surface area contributed by atoms with Crippen LogP contribution in [0.1, 0.15) is 61.5 Å². The van der Waals surface area contributed by atoms with E-state index in [4.69, 9.17) is 9.57 Å². The average molecular weight is 449 g/mol. The lowest BCUT2D eigenvalue weighted by atomic mass is 9.64. The molecule has 2 aromatic rings. The van der Waals surface area contributed by atoms with E-state index in [-0.39, 0.29) is 16.7 Å². The largest absolute Gasteiger partial charge is 0.497 e. The SMILES string of the molecule is COc1ccc(C(=O)O/N=C2/CC3(C(=O)Nc4cc(C)cc(C)c4)CCC2(C)C3(C)C)cc1. The average Bonchev–Trinajstić information content (AvgIpc) is 3.07. The summed E-state index contributed by atoms with van der Waals surface area (Å²) in [5, 5.41) is 7.48. The van der Waals surface area contributed by atoms with Gasteiger partial charge in [0.2, 0.25) is 5.91 Å². The Hall–Kier alpha value is -3.15. The molecule has 2 aromatic carbocycles. The van der Waals surface area contributed by atoms with E-state index < -0.39 is 11.4 Å². The van der Waals surface area contributed by atoms with Crippen molar-refractivity contribution in [3.05, 3.63) is 59.2 Å². The van der Waals surface area contributed by atoms with Gasteiger partial charge in [-0.3, -0.25) is 4.79 Å². The highest BCUT2D eigenvalue weighted by molar-refractivity contribution is 6.06. The fourth-order valence-electron chi connectivity index (χ4n) is 5.70. The lowest BCUT2D eigenvalue weighted by molar-refractivity contribution is -0.130. The first-order valence-electron chi connectivity index (χ1n) is 11.3. The van der Waals surface area contributed by atoms with E-state index >= 15 is 0 Å². The van der Waals surface area contributed by atoms with Crippen LogP contribution in [0.15, 0.2) is 47.6 Å². The van der Waals surface area contributed by atoms with E-state index in [0.29, 0.717) is 17.7 Å². The standard InChI is InChI=1S/C27H32N2O4/c1-17-13-18(2)15-20(14-17)28-24(31)27-12-11-26(5,25(27,3)4)22(16-27)29-33-23(30)19-7-9-21(32-6)10-8-19/h7-10,13-15H,11-12,16H2,1-6H3,(H,28,31)/b29-22-. The van der Waals surface area contributed by atoms with Crippen molar-refractivity contribution in [2.75, 3.05) is 12.4 Å². The van der Waals surface area contributed by atoms with E-state index in [1.54, 1.807) is 31.4 Å². The number of oxime groups is 1. The predicted octanol–water partition coefficient (Wildman–Crippen LogP) is 5.68. The molecule has 0 aromatic heterocycles. The van der Waals surface area contributed by atoms with Crippen molar-refractivity contribution in [2.45, 2.75) is 53.9 Å². The molecule has 2 unspecified atom stereocenters. The minimum absolute atomic E-state index is 0.00732. The molecule has 2 aliphatic rings. The van der Waals surface area contributed by atoms with Gasteiger partial charge in [-0.25, -0.2) is 4.79 Å². The van der Waals surface area contributed by atoms with E-state index in [9.17, 15) is 9.59 Å². The van der Waals surface area contributed by atoms with Crippen molar-refractivity contribution in [3.8, 4) is 5.75 Å². The Morgan fingerprint density at radius 2 is 1.61 bits per heavy atom. The molecule has 6 nitrogen and oxygen atoms in total. The number of carbonyl (C=O) groups is 2. The van der Waals surface area contributed by atoms with Crippen LogP contribution in [0, 0.1) is 30.1 Å². The lowest BCUT2D eigenvalue weighted by Crippen LogP contribution is -2.43. The highest BCUT2D eigenvalue weighted by atomic mass is 16.7. The van der Waals surface area contributed by atoms with E-state index in [1.807, 2.05) is 26.0 Å². The van der Waals surface area contributed by atoms with Crippen molar-refractivity contribution in [1.82, 2.24) is 0 Å². The maximum absolute atomic E-state index is 13.7. The van der Waals surface area contributed by atoms with Crippen LogP contribution in [0.2, 0.25) is 0 Å². The minimum Gasteiger partial charge on any atom is -0.497 e. The van der Waals surface area contributed by atoms with Gasteiger partial charge in [-0.15, -0.1) is 0 Å². The zero-order valence-electron chi connectivity index (χ0n) is 20.2. The Bertz CT molecular complexity index is 1120. The van der Waals surface area contributed by atoms with Crippen LogP contribution in [0.5, 0.6) is 5.75 Å². The van der Waals surface area contributed by atoms with Crippen LogP contribution in [0.25, 0.3) is 0 Å². The number of nitrogens with one attached hydrogen (secondary N) is 1. The zero-order chi connectivity index (χ0) is 24.0. The number of nitrogens with zero attached hydrogens (tertiary/aromatic N) is 1. The highest BCUT2D eigenvalue weighted by Crippen LogP contribution is 2.71. The maximum atomic E-state index is 13.7. The normalized spacial score (nSPS) is 26.3. The molecule has 0 radical (unpaired) electrons. The number of aryl methyl sites for hydroxylation is 2. The Balaban J connectivity index is 1.57. The quantitative estimate of drug-likeness (QED) is 0.472. The van der Waals surface area contributed by atoms with Crippen LogP contribution in [-0.2, 0) is 9.63 Å². The lowest BCUT2D eigenvalue weighted by Gasteiger charge is -2.39. The fourth-order valence-corrected chi connectivity index (χ4v) is 5.70. The third-order valence-electron chi connectivity index (χ3n) is 8.21. The smallest absolute Gasteiger partial charge is 0.365 e. The van der Waals surface area contributed by atoms with Crippen molar-refractivity contribution in [1.29, 1.82) is 0 Å². The summed E-state index contributed by atoms with van der Waals surface area (Å²) in [4.78, 5) is 31.5. The highest BCUT2D eigenvalue weighted by Gasteiger charge is 2.71. The molecule has 2 fully saturated rings. The molecule has 2 saturated carbocycles. The van der Waals surface area contributed by atoms with Gasteiger partial charge in [0.05, 0.1) is 23.8 Å². The molecular weight excluding hydrogens is 416 g/mol. The molecule has 0 heterocycles. The molecule has 2 aliphatic carbocycles. The summed E-state index contributed by atoms with van der Waals surface area (Å²) in [6.07, 6.45) is 2.07. The summed E-state index contributed by atoms with van der Waals surface area (Å²) < 4.78 is 5.13. The number of anilines is 1. The van der Waals surface area contributed by atoms with Crippen molar-refractivity contribution in [2.24, 2.45) is 21.4 Å². The Morgan fingerprint density at radius 3 is 2.21 bits per heavy atom. The number of fused-ring (bicyclic) bond motifs is 2. The van der Waals surface area contributed by atoms with E-state index in [1.165, 1.54) is 0 Å². The van der Waals surface area contributed by atoms with Gasteiger partial charge in [-0.1, -0.05) is 32.0 Å². The molecule has 1 N–H and O–H groups in total. The first-order valence-corrected chi connectivity index (χ1v) is 11.3. The third kappa shape index (κ3) is 3.62. The van der Waals surface area contributed by atoms with E-state index in [2.05, 4.69) is 37.3 Å². The molecule has 0 spiro atoms. The number of rotatable bonds is 5. The maximum Gasteiger partial charge on any atom is 0.365 e. The van der Waals surface area contributed by atoms with Crippen LogP contribution in [0.4, 0.5) is 5.69 Å². The number of amides is 1. The number of hydrogen-bond acceptors (Lipinski definition) is 5. The number of benzene rings is 2. The molecule has 6 heteroatoms. The molecule has 2 bridgehead atoms.